The van der Waals surface area contributed by atoms with Crippen LogP contribution in [0.5, 0.6) is 0 Å². The van der Waals surface area contributed by atoms with E-state index in [1.807, 2.05) is 0 Å². The van der Waals surface area contributed by atoms with Gasteiger partial charge in [0.05, 0.1) is 7.11 Å². The molecular formula is C7H5F6N3O2. The fourth-order valence-electron chi connectivity index (χ4n) is 1.14. The maximum atomic E-state index is 12.5. The lowest BCUT2D eigenvalue weighted by Crippen LogP contribution is -2.21. The quantitative estimate of drug-likeness (QED) is 0.627. The Hall–Kier alpha value is -1.94. The topological polar surface area (TPSA) is 70.1 Å². The van der Waals surface area contributed by atoms with E-state index in [0.29, 0.717) is 7.11 Å². The van der Waals surface area contributed by atoms with Crippen molar-refractivity contribution in [3.8, 4) is 0 Å². The standard InChI is InChI=1S/C7H5F6N3O2/c1-18-5(17)3-2(6(8,9)10)4(14)16(15-3)7(11,12)13/h14H2,1H3. The molecule has 0 spiro atoms. The Bertz CT molecular complexity index is 475. The third-order valence-corrected chi connectivity index (χ3v) is 1.82. The van der Waals surface area contributed by atoms with Crippen molar-refractivity contribution in [1.29, 1.82) is 0 Å². The van der Waals surface area contributed by atoms with Gasteiger partial charge in [-0.3, -0.25) is 0 Å². The van der Waals surface area contributed by atoms with Crippen molar-refractivity contribution in [3.63, 3.8) is 0 Å². The zero-order chi connectivity index (χ0) is 14.3. The lowest BCUT2D eigenvalue weighted by molar-refractivity contribution is -0.210. The Morgan fingerprint density at radius 1 is 1.28 bits per heavy atom. The number of anilines is 1. The molecule has 0 bridgehead atoms. The van der Waals surface area contributed by atoms with E-state index >= 15 is 0 Å². The van der Waals surface area contributed by atoms with Crippen molar-refractivity contribution in [3.05, 3.63) is 11.3 Å². The number of nitrogens with zero attached hydrogens (tertiary/aromatic N) is 2. The van der Waals surface area contributed by atoms with Gasteiger partial charge in [0.15, 0.2) is 5.69 Å². The molecule has 0 saturated carbocycles. The third kappa shape index (κ3) is 2.33. The minimum atomic E-state index is -5.28. The minimum absolute atomic E-state index is 0.700. The maximum Gasteiger partial charge on any atom is 0.506 e. The first kappa shape index (κ1) is 14.1. The first-order valence-corrected chi connectivity index (χ1v) is 4.11. The summed E-state index contributed by atoms with van der Waals surface area (Å²) in [7, 11) is 0.700. The highest BCUT2D eigenvalue weighted by atomic mass is 19.4. The van der Waals surface area contributed by atoms with E-state index in [1.165, 1.54) is 0 Å². The number of nitrogen functional groups attached to an aromatic ring is 1. The van der Waals surface area contributed by atoms with Crippen molar-refractivity contribution < 1.29 is 35.9 Å². The molecule has 1 aromatic rings. The summed E-state index contributed by atoms with van der Waals surface area (Å²) >= 11 is 0. The van der Waals surface area contributed by atoms with Crippen LogP contribution in [-0.4, -0.2) is 22.9 Å². The number of alkyl halides is 6. The van der Waals surface area contributed by atoms with Crippen LogP contribution in [0.25, 0.3) is 0 Å². The summed E-state index contributed by atoms with van der Waals surface area (Å²) in [5.41, 5.74) is 1.20. The number of methoxy groups -OCH3 is 1. The monoisotopic (exact) mass is 277 g/mol. The van der Waals surface area contributed by atoms with Crippen molar-refractivity contribution in [2.24, 2.45) is 0 Å². The van der Waals surface area contributed by atoms with Crippen molar-refractivity contribution in [2.45, 2.75) is 12.5 Å². The normalized spacial score (nSPS) is 12.6. The van der Waals surface area contributed by atoms with Crippen LogP contribution in [0.15, 0.2) is 0 Å². The van der Waals surface area contributed by atoms with E-state index in [4.69, 9.17) is 5.73 Å². The number of aromatic nitrogens is 2. The Morgan fingerprint density at radius 3 is 2.11 bits per heavy atom. The zero-order valence-corrected chi connectivity index (χ0v) is 8.56. The maximum absolute atomic E-state index is 12.5. The van der Waals surface area contributed by atoms with E-state index in [2.05, 4.69) is 9.84 Å². The number of nitrogens with two attached hydrogens (primary N) is 1. The van der Waals surface area contributed by atoms with E-state index in [0.717, 1.165) is 0 Å². The number of hydrogen-bond acceptors (Lipinski definition) is 4. The molecule has 5 nitrogen and oxygen atoms in total. The van der Waals surface area contributed by atoms with Gasteiger partial charge in [-0.25, -0.2) is 4.79 Å². The van der Waals surface area contributed by atoms with Gasteiger partial charge in [-0.1, -0.05) is 0 Å². The van der Waals surface area contributed by atoms with Crippen LogP contribution in [0.3, 0.4) is 0 Å². The lowest BCUT2D eigenvalue weighted by Gasteiger charge is -2.09. The van der Waals surface area contributed by atoms with Gasteiger partial charge in [0.25, 0.3) is 0 Å². The predicted molar refractivity (Wildman–Crippen MR) is 44.3 cm³/mol. The number of rotatable bonds is 1. The highest BCUT2D eigenvalue weighted by molar-refractivity contribution is 5.90. The summed E-state index contributed by atoms with van der Waals surface area (Å²) in [6.07, 6.45) is -10.5. The first-order chi connectivity index (χ1) is 8.00. The smallest absolute Gasteiger partial charge is 0.464 e. The molecule has 18 heavy (non-hydrogen) atoms. The molecule has 0 atom stereocenters. The van der Waals surface area contributed by atoms with Crippen molar-refractivity contribution >= 4 is 11.8 Å². The molecule has 1 rings (SSSR count). The van der Waals surface area contributed by atoms with Crippen molar-refractivity contribution in [1.82, 2.24) is 9.78 Å². The number of hydrogen-bond donors (Lipinski definition) is 1. The fraction of sp³-hybridized carbons (Fsp3) is 0.429. The lowest BCUT2D eigenvalue weighted by atomic mass is 10.2. The molecule has 2 N–H and O–H groups in total. The van der Waals surface area contributed by atoms with Crippen LogP contribution in [0.1, 0.15) is 16.1 Å². The van der Waals surface area contributed by atoms with Gasteiger partial charge in [-0.2, -0.15) is 23.0 Å². The Labute approximate surface area is 95.1 Å². The molecule has 0 aromatic carbocycles. The first-order valence-electron chi connectivity index (χ1n) is 4.11. The molecule has 1 aromatic heterocycles. The molecule has 0 aliphatic heterocycles. The number of esters is 1. The van der Waals surface area contributed by atoms with E-state index in [-0.39, 0.29) is 0 Å². The highest BCUT2D eigenvalue weighted by Crippen LogP contribution is 2.39. The largest absolute Gasteiger partial charge is 0.506 e. The van der Waals surface area contributed by atoms with Crippen LogP contribution < -0.4 is 5.73 Å². The number of halogens is 6. The van der Waals surface area contributed by atoms with Crippen LogP contribution in [-0.2, 0) is 17.2 Å². The van der Waals surface area contributed by atoms with Crippen LogP contribution >= 0.6 is 0 Å². The average Bonchev–Trinajstić information content (AvgIpc) is 2.53. The van der Waals surface area contributed by atoms with Gasteiger partial charge < -0.3 is 10.5 Å². The second-order valence-corrected chi connectivity index (χ2v) is 2.98. The second kappa shape index (κ2) is 4.07. The van der Waals surface area contributed by atoms with Gasteiger partial charge in [-0.15, -0.1) is 13.2 Å². The molecular weight excluding hydrogens is 272 g/mol. The summed E-state index contributed by atoms with van der Waals surface area (Å²) in [6, 6.07) is 0. The summed E-state index contributed by atoms with van der Waals surface area (Å²) in [5, 5.41) is 2.49. The molecule has 0 aliphatic rings. The number of carbonyl (C=O) groups is 1. The molecule has 1 heterocycles. The van der Waals surface area contributed by atoms with Gasteiger partial charge in [0.2, 0.25) is 0 Å². The summed E-state index contributed by atoms with van der Waals surface area (Å²) in [5.74, 6) is -3.40. The highest BCUT2D eigenvalue weighted by Gasteiger charge is 2.46. The van der Waals surface area contributed by atoms with Crippen molar-refractivity contribution in [2.75, 3.05) is 12.8 Å². The molecule has 0 aliphatic carbocycles. The molecule has 11 heteroatoms. The molecule has 0 fully saturated rings. The van der Waals surface area contributed by atoms with Gasteiger partial charge in [0.1, 0.15) is 11.4 Å². The Kier molecular flexibility index (Phi) is 3.19. The molecule has 0 amide bonds. The average molecular weight is 277 g/mol. The van der Waals surface area contributed by atoms with E-state index in [1.54, 1.807) is 0 Å². The molecule has 0 unspecified atom stereocenters. The number of ether oxygens (including phenoxy) is 1. The van der Waals surface area contributed by atoms with Crippen LogP contribution in [0.2, 0.25) is 0 Å². The van der Waals surface area contributed by atoms with E-state index in [9.17, 15) is 31.1 Å². The van der Waals surface area contributed by atoms with Gasteiger partial charge >= 0.3 is 18.4 Å². The Morgan fingerprint density at radius 2 is 1.78 bits per heavy atom. The van der Waals surface area contributed by atoms with Gasteiger partial charge in [-0.05, 0) is 0 Å². The molecule has 0 saturated heterocycles. The fourth-order valence-corrected chi connectivity index (χ4v) is 1.14. The van der Waals surface area contributed by atoms with Crippen LogP contribution in [0, 0.1) is 0 Å². The predicted octanol–water partition coefficient (Wildman–Crippen LogP) is 1.75. The van der Waals surface area contributed by atoms with Gasteiger partial charge in [0, 0.05) is 0 Å². The second-order valence-electron chi connectivity index (χ2n) is 2.98. The molecule has 0 radical (unpaired) electrons. The summed E-state index contributed by atoms with van der Waals surface area (Å²) < 4.78 is 77.3. The molecule has 102 valence electrons. The third-order valence-electron chi connectivity index (χ3n) is 1.82. The van der Waals surface area contributed by atoms with E-state index < -0.39 is 40.2 Å². The Balaban J connectivity index is 3.57. The van der Waals surface area contributed by atoms with Crippen LogP contribution in [0.4, 0.5) is 32.2 Å². The SMILES string of the molecule is COC(=O)c1nn(C(F)(F)F)c(N)c1C(F)(F)F. The summed E-state index contributed by atoms with van der Waals surface area (Å²) in [4.78, 5) is 11.0. The zero-order valence-electron chi connectivity index (χ0n) is 8.56. The summed E-state index contributed by atoms with van der Waals surface area (Å²) in [6.45, 7) is 0. The minimum Gasteiger partial charge on any atom is -0.464 e. The number of carbonyl (C=O) groups excluding carboxylic acids is 1.